The van der Waals surface area contributed by atoms with E-state index < -0.39 is 16.1 Å². The van der Waals surface area contributed by atoms with Crippen LogP contribution in [0.4, 0.5) is 0 Å². The number of nitrogens with one attached hydrogen (secondary N) is 1. The number of aromatic amines is 1. The number of rotatable bonds is 6. The van der Waals surface area contributed by atoms with Gasteiger partial charge in [-0.25, -0.2) is 0 Å². The molecule has 2 aliphatic rings. The number of hydrogen-bond acceptors (Lipinski definition) is 1. The molecule has 0 amide bonds. The molecule has 2 aliphatic carbocycles. The molecule has 4 nitrogen and oxygen atoms in total. The third-order valence-electron chi connectivity index (χ3n) is 13.1. The van der Waals surface area contributed by atoms with Crippen molar-refractivity contribution in [1.82, 2.24) is 19.1 Å². The van der Waals surface area contributed by atoms with E-state index >= 15 is 0 Å². The Balaban J connectivity index is 1.11. The van der Waals surface area contributed by atoms with Gasteiger partial charge >= 0.3 is 0 Å². The van der Waals surface area contributed by atoms with Crippen molar-refractivity contribution in [2.24, 2.45) is 0 Å². The predicted octanol–water partition coefficient (Wildman–Crippen LogP) is 12.5. The second-order valence-electron chi connectivity index (χ2n) is 18.9. The van der Waals surface area contributed by atoms with Gasteiger partial charge in [0, 0.05) is 57.9 Å². The maximum absolute atomic E-state index is 4.40. The molecule has 4 aromatic heterocycles. The number of aryl methyl sites for hydroxylation is 2. The first-order chi connectivity index (χ1) is 28.5. The van der Waals surface area contributed by atoms with Crippen LogP contribution in [0.3, 0.4) is 0 Å². The van der Waals surface area contributed by atoms with Gasteiger partial charge in [0.25, 0.3) is 0 Å². The van der Waals surface area contributed by atoms with E-state index in [9.17, 15) is 0 Å². The van der Waals surface area contributed by atoms with Gasteiger partial charge in [-0.15, -0.1) is 0 Å². The zero-order valence-corrected chi connectivity index (χ0v) is 36.9. The standard InChI is InChI=1S/C53H50N4Si2/c1-58(2,3)42-11-7-9-34(25-42)36-15-17-50-46(27-36)48-29-38-13-14-39-30-49-47-28-37(35-10-8-12-43(26-35)59(4,5)6)16-18-51(47)57(41-21-24-55-33-41)53(49)32-45(39)44(38)31-52(48)56(50)40-19-22-54-23-20-40/h7-12,15,17,19-33,55H,13-14,16,18H2,1-6H3. The Kier molecular flexibility index (Phi) is 8.14. The fraction of sp³-hybridized carbons (Fsp3) is 0.189. The molecular formula is C53H50N4Si2. The van der Waals surface area contributed by atoms with Crippen LogP contribution in [0.1, 0.15) is 34.4 Å². The van der Waals surface area contributed by atoms with Crippen LogP contribution < -0.4 is 10.4 Å². The van der Waals surface area contributed by atoms with Crippen molar-refractivity contribution >= 4 is 70.9 Å². The van der Waals surface area contributed by atoms with E-state index in [0.717, 1.165) is 31.4 Å². The summed E-state index contributed by atoms with van der Waals surface area (Å²) in [6, 6.07) is 42.3. The molecule has 9 aromatic rings. The quantitative estimate of drug-likeness (QED) is 0.167. The van der Waals surface area contributed by atoms with E-state index in [0.29, 0.717) is 0 Å². The largest absolute Gasteiger partial charge is 0.366 e. The Bertz CT molecular complexity index is 3170. The van der Waals surface area contributed by atoms with Crippen LogP contribution in [0, 0.1) is 0 Å². The number of fused-ring (bicyclic) bond motifs is 9. The van der Waals surface area contributed by atoms with Crippen molar-refractivity contribution in [3.05, 3.63) is 162 Å². The highest BCUT2D eigenvalue weighted by atomic mass is 28.3. The van der Waals surface area contributed by atoms with Gasteiger partial charge in [-0.05, 0) is 131 Å². The van der Waals surface area contributed by atoms with Crippen molar-refractivity contribution in [2.45, 2.75) is 65.0 Å². The second-order valence-corrected chi connectivity index (χ2v) is 29.1. The Morgan fingerprint density at radius 1 is 0.525 bits per heavy atom. The number of benzene rings is 5. The molecule has 0 spiro atoms. The van der Waals surface area contributed by atoms with Crippen molar-refractivity contribution in [1.29, 1.82) is 0 Å². The fourth-order valence-corrected chi connectivity index (χ4v) is 12.3. The maximum atomic E-state index is 4.40. The lowest BCUT2D eigenvalue weighted by Crippen LogP contribution is -2.37. The molecule has 11 rings (SSSR count). The highest BCUT2D eigenvalue weighted by molar-refractivity contribution is 6.89. The molecular weight excluding hydrogens is 749 g/mol. The molecule has 5 aromatic carbocycles. The van der Waals surface area contributed by atoms with E-state index in [1.807, 2.05) is 12.4 Å². The molecule has 1 N–H and O–H groups in total. The predicted molar refractivity (Wildman–Crippen MR) is 257 cm³/mol. The summed E-state index contributed by atoms with van der Waals surface area (Å²) in [5, 5.41) is 6.98. The number of hydrogen-bond donors (Lipinski definition) is 1. The van der Waals surface area contributed by atoms with E-state index in [4.69, 9.17) is 0 Å². The molecule has 290 valence electrons. The number of nitrogens with zero attached hydrogens (tertiary/aromatic N) is 3. The Labute approximate surface area is 348 Å². The van der Waals surface area contributed by atoms with Gasteiger partial charge in [0.05, 0.1) is 38.4 Å². The molecule has 0 bridgehead atoms. The SMILES string of the molecule is C[Si](C)(C)c1cccc(C2=Cc3c(n(-c4cc[nH]c4)c4cc5c(cc34)CCc3cc4c6cc(-c7cccc([Si](C)(C)C)c7)ccc6n(-c6ccncc6)c4cc3-5)CC2)c1. The second kappa shape index (κ2) is 13.3. The van der Waals surface area contributed by atoms with Gasteiger partial charge in [0.2, 0.25) is 0 Å². The van der Waals surface area contributed by atoms with Crippen molar-refractivity contribution in [3.8, 4) is 33.6 Å². The average molecular weight is 799 g/mol. The molecule has 0 fully saturated rings. The average Bonchev–Trinajstić information content (AvgIpc) is 3.96. The van der Waals surface area contributed by atoms with Crippen LogP contribution in [-0.2, 0) is 19.3 Å². The van der Waals surface area contributed by atoms with Crippen molar-refractivity contribution in [2.75, 3.05) is 0 Å². The van der Waals surface area contributed by atoms with Crippen LogP contribution in [0.15, 0.2) is 134 Å². The zero-order chi connectivity index (χ0) is 40.2. The van der Waals surface area contributed by atoms with Gasteiger partial charge in [0.15, 0.2) is 0 Å². The van der Waals surface area contributed by atoms with Crippen LogP contribution >= 0.6 is 0 Å². The number of allylic oxidation sites excluding steroid dienone is 1. The smallest absolute Gasteiger partial charge is 0.0776 e. The van der Waals surface area contributed by atoms with Crippen LogP contribution in [0.5, 0.6) is 0 Å². The zero-order valence-electron chi connectivity index (χ0n) is 34.9. The van der Waals surface area contributed by atoms with Crippen LogP contribution in [0.2, 0.25) is 39.3 Å². The molecule has 6 heteroatoms. The monoisotopic (exact) mass is 798 g/mol. The fourth-order valence-electron chi connectivity index (χ4n) is 9.94. The number of pyridine rings is 1. The van der Waals surface area contributed by atoms with E-state index in [1.54, 1.807) is 0 Å². The van der Waals surface area contributed by atoms with Crippen molar-refractivity contribution < 1.29 is 0 Å². The first kappa shape index (κ1) is 36.1. The van der Waals surface area contributed by atoms with Gasteiger partial charge in [-0.1, -0.05) is 104 Å². The summed E-state index contributed by atoms with van der Waals surface area (Å²) in [5.41, 5.74) is 19.8. The van der Waals surface area contributed by atoms with E-state index in [-0.39, 0.29) is 0 Å². The first-order valence-electron chi connectivity index (χ1n) is 21.3. The van der Waals surface area contributed by atoms with E-state index in [2.05, 4.69) is 186 Å². The van der Waals surface area contributed by atoms with E-state index in [1.165, 1.54) is 105 Å². The topological polar surface area (TPSA) is 38.5 Å². The van der Waals surface area contributed by atoms with Crippen LogP contribution in [0.25, 0.3) is 78.0 Å². The molecule has 0 unspecified atom stereocenters. The summed E-state index contributed by atoms with van der Waals surface area (Å²) in [7, 11) is -2.89. The summed E-state index contributed by atoms with van der Waals surface area (Å²) in [6.45, 7) is 14.6. The summed E-state index contributed by atoms with van der Waals surface area (Å²) in [5.74, 6) is 0. The van der Waals surface area contributed by atoms with Crippen molar-refractivity contribution in [3.63, 3.8) is 0 Å². The van der Waals surface area contributed by atoms with Gasteiger partial charge in [-0.3, -0.25) is 4.98 Å². The lowest BCUT2D eigenvalue weighted by Gasteiger charge is -2.21. The van der Waals surface area contributed by atoms with Gasteiger partial charge < -0.3 is 14.1 Å². The third kappa shape index (κ3) is 5.95. The Hall–Kier alpha value is -5.96. The minimum atomic E-state index is -1.46. The summed E-state index contributed by atoms with van der Waals surface area (Å²) in [6.07, 6.45) is 14.6. The Morgan fingerprint density at radius 2 is 1.15 bits per heavy atom. The Morgan fingerprint density at radius 3 is 1.83 bits per heavy atom. The number of H-pyrrole nitrogens is 1. The van der Waals surface area contributed by atoms with Gasteiger partial charge in [-0.2, -0.15) is 0 Å². The summed E-state index contributed by atoms with van der Waals surface area (Å²) in [4.78, 5) is 7.76. The minimum absolute atomic E-state index is 1.01. The summed E-state index contributed by atoms with van der Waals surface area (Å²) < 4.78 is 4.99. The molecule has 0 saturated heterocycles. The summed E-state index contributed by atoms with van der Waals surface area (Å²) >= 11 is 0. The third-order valence-corrected chi connectivity index (χ3v) is 17.2. The van der Waals surface area contributed by atoms with Crippen LogP contribution in [-0.4, -0.2) is 35.2 Å². The molecule has 0 aliphatic heterocycles. The molecule has 59 heavy (non-hydrogen) atoms. The normalized spacial score (nSPS) is 14.1. The highest BCUT2D eigenvalue weighted by Gasteiger charge is 2.27. The molecule has 0 saturated carbocycles. The maximum Gasteiger partial charge on any atom is 0.0776 e. The molecule has 0 radical (unpaired) electrons. The van der Waals surface area contributed by atoms with Gasteiger partial charge in [0.1, 0.15) is 0 Å². The minimum Gasteiger partial charge on any atom is -0.366 e. The first-order valence-corrected chi connectivity index (χ1v) is 28.3. The lowest BCUT2D eigenvalue weighted by atomic mass is 9.83. The molecule has 0 atom stereocenters. The molecule has 4 heterocycles. The number of aromatic nitrogens is 4. The highest BCUT2D eigenvalue weighted by Crippen LogP contribution is 2.45. The lowest BCUT2D eigenvalue weighted by molar-refractivity contribution is 0.898.